The molecule has 1 aliphatic rings. The van der Waals surface area contributed by atoms with Gasteiger partial charge in [-0.25, -0.2) is 0 Å². The fraction of sp³-hybridized carbons (Fsp3) is 0.308. The normalized spacial score (nSPS) is 23.6. The van der Waals surface area contributed by atoms with Crippen molar-refractivity contribution in [2.45, 2.75) is 19.6 Å². The third-order valence-corrected chi connectivity index (χ3v) is 3.43. The van der Waals surface area contributed by atoms with E-state index >= 15 is 0 Å². The molecule has 0 radical (unpaired) electrons. The van der Waals surface area contributed by atoms with Gasteiger partial charge in [0.2, 0.25) is 0 Å². The number of benzene rings is 1. The standard InChI is InChI=1S/C13H13NO2/c1-8(15)10-7-14-11-5-3-2-4-9(11)6-12(14)13(10)16/h2-6,10,13,16H,7H2,1H3. The van der Waals surface area contributed by atoms with Crippen LogP contribution in [-0.2, 0) is 11.3 Å². The Labute approximate surface area is 93.3 Å². The molecule has 82 valence electrons. The summed E-state index contributed by atoms with van der Waals surface area (Å²) in [5, 5.41) is 11.2. The van der Waals surface area contributed by atoms with Crippen LogP contribution in [0.1, 0.15) is 18.7 Å². The van der Waals surface area contributed by atoms with Crippen LogP contribution in [0.3, 0.4) is 0 Å². The zero-order valence-corrected chi connectivity index (χ0v) is 9.05. The van der Waals surface area contributed by atoms with E-state index in [4.69, 9.17) is 0 Å². The highest BCUT2D eigenvalue weighted by atomic mass is 16.3. The molecule has 0 amide bonds. The fourth-order valence-electron chi connectivity index (χ4n) is 2.53. The predicted molar refractivity (Wildman–Crippen MR) is 61.1 cm³/mol. The second-order valence-electron chi connectivity index (χ2n) is 4.40. The van der Waals surface area contributed by atoms with Crippen LogP contribution in [-0.4, -0.2) is 15.5 Å². The second kappa shape index (κ2) is 3.19. The van der Waals surface area contributed by atoms with E-state index in [9.17, 15) is 9.90 Å². The lowest BCUT2D eigenvalue weighted by Crippen LogP contribution is -2.16. The molecule has 2 unspecified atom stereocenters. The Morgan fingerprint density at radius 3 is 2.94 bits per heavy atom. The van der Waals surface area contributed by atoms with Gasteiger partial charge >= 0.3 is 0 Å². The molecule has 2 aromatic rings. The Morgan fingerprint density at radius 1 is 1.44 bits per heavy atom. The number of hydrogen-bond acceptors (Lipinski definition) is 2. The summed E-state index contributed by atoms with van der Waals surface area (Å²) >= 11 is 0. The maximum absolute atomic E-state index is 11.4. The quantitative estimate of drug-likeness (QED) is 0.789. The van der Waals surface area contributed by atoms with Gasteiger partial charge in [0.1, 0.15) is 11.9 Å². The van der Waals surface area contributed by atoms with Crippen molar-refractivity contribution in [1.82, 2.24) is 4.57 Å². The molecule has 3 rings (SSSR count). The summed E-state index contributed by atoms with van der Waals surface area (Å²) in [6.07, 6.45) is -0.648. The molecule has 0 bridgehead atoms. The smallest absolute Gasteiger partial charge is 0.137 e. The molecular weight excluding hydrogens is 202 g/mol. The van der Waals surface area contributed by atoms with E-state index in [1.807, 2.05) is 34.9 Å². The first-order valence-corrected chi connectivity index (χ1v) is 5.45. The number of aliphatic hydroxyl groups is 1. The molecule has 3 heteroatoms. The van der Waals surface area contributed by atoms with E-state index in [1.165, 1.54) is 0 Å². The molecule has 1 aromatic heterocycles. The summed E-state index contributed by atoms with van der Waals surface area (Å²) in [4.78, 5) is 11.4. The molecule has 0 aliphatic carbocycles. The Morgan fingerprint density at radius 2 is 2.19 bits per heavy atom. The number of aliphatic hydroxyl groups excluding tert-OH is 1. The first kappa shape index (κ1) is 9.60. The van der Waals surface area contributed by atoms with Gasteiger partial charge in [0.15, 0.2) is 0 Å². The number of aromatic nitrogens is 1. The van der Waals surface area contributed by atoms with E-state index in [0.29, 0.717) is 6.54 Å². The molecular formula is C13H13NO2. The Bertz CT molecular complexity index is 570. The molecule has 2 atom stereocenters. The molecule has 0 saturated carbocycles. The number of carbonyl (C=O) groups excluding carboxylic acids is 1. The van der Waals surface area contributed by atoms with Gasteiger partial charge in [-0.15, -0.1) is 0 Å². The van der Waals surface area contributed by atoms with Gasteiger partial charge in [-0.3, -0.25) is 4.79 Å². The Kier molecular flexibility index (Phi) is 1.91. The van der Waals surface area contributed by atoms with Crippen molar-refractivity contribution >= 4 is 16.7 Å². The maximum atomic E-state index is 11.4. The lowest BCUT2D eigenvalue weighted by atomic mass is 9.99. The highest BCUT2D eigenvalue weighted by molar-refractivity contribution is 5.84. The van der Waals surface area contributed by atoms with E-state index in [0.717, 1.165) is 16.6 Å². The number of ketones is 1. The molecule has 1 N–H and O–H groups in total. The summed E-state index contributed by atoms with van der Waals surface area (Å²) in [5.74, 6) is -0.222. The maximum Gasteiger partial charge on any atom is 0.137 e. The average molecular weight is 215 g/mol. The summed E-state index contributed by atoms with van der Waals surface area (Å²) in [6.45, 7) is 2.14. The number of nitrogens with zero attached hydrogens (tertiary/aromatic N) is 1. The largest absolute Gasteiger partial charge is 0.386 e. The molecule has 16 heavy (non-hydrogen) atoms. The predicted octanol–water partition coefficient (Wildman–Crippen LogP) is 1.89. The number of rotatable bonds is 1. The van der Waals surface area contributed by atoms with Crippen molar-refractivity contribution in [3.05, 3.63) is 36.0 Å². The minimum absolute atomic E-state index is 0.0558. The molecule has 2 heterocycles. The van der Waals surface area contributed by atoms with Gasteiger partial charge in [0, 0.05) is 17.8 Å². The van der Waals surface area contributed by atoms with Gasteiger partial charge < -0.3 is 9.67 Å². The van der Waals surface area contributed by atoms with Crippen LogP contribution in [0, 0.1) is 5.92 Å². The zero-order chi connectivity index (χ0) is 11.3. The second-order valence-corrected chi connectivity index (χ2v) is 4.40. The summed E-state index contributed by atoms with van der Waals surface area (Å²) in [6, 6.07) is 9.98. The van der Waals surface area contributed by atoms with E-state index in [1.54, 1.807) is 6.92 Å². The van der Waals surface area contributed by atoms with E-state index in [2.05, 4.69) is 0 Å². The van der Waals surface area contributed by atoms with Gasteiger partial charge in [0.05, 0.1) is 5.92 Å². The zero-order valence-electron chi connectivity index (χ0n) is 9.05. The molecule has 3 nitrogen and oxygen atoms in total. The number of para-hydroxylation sites is 1. The van der Waals surface area contributed by atoms with Crippen LogP contribution >= 0.6 is 0 Å². The van der Waals surface area contributed by atoms with Crippen LogP contribution in [0.25, 0.3) is 10.9 Å². The van der Waals surface area contributed by atoms with Crippen LogP contribution in [0.4, 0.5) is 0 Å². The van der Waals surface area contributed by atoms with Crippen molar-refractivity contribution in [2.75, 3.05) is 0 Å². The Hall–Kier alpha value is -1.61. The molecule has 0 fully saturated rings. The molecule has 0 spiro atoms. The van der Waals surface area contributed by atoms with Gasteiger partial charge in [0.25, 0.3) is 0 Å². The lowest BCUT2D eigenvalue weighted by Gasteiger charge is -2.09. The molecule has 1 aliphatic heterocycles. The van der Waals surface area contributed by atoms with Crippen LogP contribution in [0.2, 0.25) is 0 Å². The van der Waals surface area contributed by atoms with Crippen molar-refractivity contribution < 1.29 is 9.90 Å². The van der Waals surface area contributed by atoms with Gasteiger partial charge in [-0.05, 0) is 24.4 Å². The van der Waals surface area contributed by atoms with E-state index in [-0.39, 0.29) is 11.7 Å². The Balaban J connectivity index is 2.18. The third kappa shape index (κ3) is 1.15. The highest BCUT2D eigenvalue weighted by Gasteiger charge is 2.35. The number of carbonyl (C=O) groups is 1. The molecule has 1 aromatic carbocycles. The monoisotopic (exact) mass is 215 g/mol. The minimum atomic E-state index is -0.648. The fourth-order valence-corrected chi connectivity index (χ4v) is 2.53. The van der Waals surface area contributed by atoms with Crippen LogP contribution < -0.4 is 0 Å². The van der Waals surface area contributed by atoms with Crippen molar-refractivity contribution in [1.29, 1.82) is 0 Å². The SMILES string of the molecule is CC(=O)C1Cn2c(cc3ccccc32)C1O. The molecule has 0 saturated heterocycles. The van der Waals surface area contributed by atoms with E-state index < -0.39 is 6.10 Å². The first-order valence-electron chi connectivity index (χ1n) is 5.45. The number of hydrogen-bond donors (Lipinski definition) is 1. The summed E-state index contributed by atoms with van der Waals surface area (Å²) < 4.78 is 2.05. The first-order chi connectivity index (χ1) is 7.68. The average Bonchev–Trinajstić information content (AvgIpc) is 2.76. The van der Waals surface area contributed by atoms with Gasteiger partial charge in [-0.1, -0.05) is 18.2 Å². The lowest BCUT2D eigenvalue weighted by molar-refractivity contribution is -0.123. The number of Topliss-reactive ketones (excluding diaryl/α,β-unsaturated/α-hetero) is 1. The minimum Gasteiger partial charge on any atom is -0.386 e. The number of fused-ring (bicyclic) bond motifs is 3. The highest BCUT2D eigenvalue weighted by Crippen LogP contribution is 2.36. The third-order valence-electron chi connectivity index (χ3n) is 3.43. The van der Waals surface area contributed by atoms with Crippen molar-refractivity contribution in [3.8, 4) is 0 Å². The van der Waals surface area contributed by atoms with Crippen molar-refractivity contribution in [3.63, 3.8) is 0 Å². The summed E-state index contributed by atoms with van der Waals surface area (Å²) in [7, 11) is 0. The van der Waals surface area contributed by atoms with Gasteiger partial charge in [-0.2, -0.15) is 0 Å². The van der Waals surface area contributed by atoms with Crippen LogP contribution in [0.5, 0.6) is 0 Å². The van der Waals surface area contributed by atoms with Crippen molar-refractivity contribution in [2.24, 2.45) is 5.92 Å². The van der Waals surface area contributed by atoms with Crippen LogP contribution in [0.15, 0.2) is 30.3 Å². The topological polar surface area (TPSA) is 42.2 Å². The summed E-state index contributed by atoms with van der Waals surface area (Å²) in [5.41, 5.74) is 1.96.